The van der Waals surface area contributed by atoms with Gasteiger partial charge >= 0.3 is 0 Å². The van der Waals surface area contributed by atoms with Gasteiger partial charge in [-0.15, -0.1) is 11.8 Å². The van der Waals surface area contributed by atoms with Crippen LogP contribution in [0.4, 0.5) is 0 Å². The number of carbonyl (C=O) groups is 2. The lowest BCUT2D eigenvalue weighted by Crippen LogP contribution is -2.26. The summed E-state index contributed by atoms with van der Waals surface area (Å²) in [7, 11) is -3.76. The van der Waals surface area contributed by atoms with E-state index in [-0.39, 0.29) is 51.0 Å². The van der Waals surface area contributed by atoms with Crippen LogP contribution in [-0.2, 0) is 24.2 Å². The third-order valence-electron chi connectivity index (χ3n) is 4.46. The zero-order valence-electron chi connectivity index (χ0n) is 13.4. The quantitative estimate of drug-likeness (QED) is 0.575. The number of carbonyl (C=O) groups excluding carboxylic acids is 3. The largest absolute Gasteiger partial charge is 0.299 e. The maximum atomic E-state index is 12.7. The maximum absolute atomic E-state index is 12.7. The molecule has 1 heterocycles. The molecule has 1 aliphatic heterocycles. The minimum atomic E-state index is -3.76. The Bertz CT molecular complexity index is 913. The van der Waals surface area contributed by atoms with Crippen LogP contribution < -0.4 is 0 Å². The highest BCUT2D eigenvalue weighted by atomic mass is 35.5. The fourth-order valence-corrected chi connectivity index (χ4v) is 7.31. The van der Waals surface area contributed by atoms with Gasteiger partial charge in [0.2, 0.25) is 0 Å². The second-order valence-electron chi connectivity index (χ2n) is 5.91. The average Bonchev–Trinajstić information content (AvgIpc) is 2.78. The van der Waals surface area contributed by atoms with E-state index in [9.17, 15) is 22.8 Å². The molecule has 1 fully saturated rings. The molecule has 5 nitrogen and oxygen atoms in total. The van der Waals surface area contributed by atoms with E-state index in [1.54, 1.807) is 12.9 Å². The van der Waals surface area contributed by atoms with Crippen molar-refractivity contribution in [3.05, 3.63) is 28.3 Å². The summed E-state index contributed by atoms with van der Waals surface area (Å²) in [6.45, 7) is 1.79. The molecular formula is C17H15ClO5S2. The second-order valence-corrected chi connectivity index (χ2v) is 9.97. The van der Waals surface area contributed by atoms with E-state index in [1.165, 1.54) is 12.1 Å². The van der Waals surface area contributed by atoms with Crippen LogP contribution in [0.3, 0.4) is 0 Å². The van der Waals surface area contributed by atoms with Gasteiger partial charge < -0.3 is 0 Å². The lowest BCUT2D eigenvalue weighted by Gasteiger charge is -2.21. The second kappa shape index (κ2) is 6.72. The fourth-order valence-electron chi connectivity index (χ4n) is 3.35. The molecule has 1 saturated carbocycles. The van der Waals surface area contributed by atoms with Crippen LogP contribution in [-0.4, -0.2) is 36.3 Å². The molecule has 0 amide bonds. The van der Waals surface area contributed by atoms with Gasteiger partial charge in [0.1, 0.15) is 28.0 Å². The number of halogens is 1. The predicted molar refractivity (Wildman–Crippen MR) is 96.3 cm³/mol. The van der Waals surface area contributed by atoms with Gasteiger partial charge in [0, 0.05) is 18.4 Å². The summed E-state index contributed by atoms with van der Waals surface area (Å²) in [6.07, 6.45) is 1.08. The van der Waals surface area contributed by atoms with E-state index in [4.69, 9.17) is 11.6 Å². The first-order chi connectivity index (χ1) is 11.8. The molecule has 8 heteroatoms. The zero-order chi connectivity index (χ0) is 18.4. The summed E-state index contributed by atoms with van der Waals surface area (Å²) < 4.78 is 24.3. The maximum Gasteiger partial charge on any atom is 0.196 e. The molecule has 1 unspecified atom stereocenters. The summed E-state index contributed by atoms with van der Waals surface area (Å²) >= 11 is 7.51. The zero-order valence-corrected chi connectivity index (χ0v) is 15.8. The number of thioether (sulfide) groups is 1. The highest BCUT2D eigenvalue weighted by Gasteiger charge is 2.45. The molecular weight excluding hydrogens is 384 g/mol. The molecule has 0 radical (unpaired) electrons. The summed E-state index contributed by atoms with van der Waals surface area (Å²) in [5.74, 6) is 0.770. The van der Waals surface area contributed by atoms with Gasteiger partial charge in [0.15, 0.2) is 9.84 Å². The number of Topliss-reactive ketones (excluding diaryl/α,β-unsaturated/α-hetero) is 2. The van der Waals surface area contributed by atoms with E-state index in [0.29, 0.717) is 12.2 Å². The summed E-state index contributed by atoms with van der Waals surface area (Å²) in [5, 5.41) is -0.00720. The molecule has 1 aliphatic carbocycles. The number of benzene rings is 1. The van der Waals surface area contributed by atoms with Gasteiger partial charge in [-0.05, 0) is 23.8 Å². The minimum Gasteiger partial charge on any atom is -0.299 e. The summed E-state index contributed by atoms with van der Waals surface area (Å²) in [5.41, 5.74) is 0.330. The van der Waals surface area contributed by atoms with Gasteiger partial charge in [-0.3, -0.25) is 9.59 Å². The molecule has 3 rings (SSSR count). The summed E-state index contributed by atoms with van der Waals surface area (Å²) in [6, 6.07) is 2.76. The molecule has 0 bridgehead atoms. The van der Waals surface area contributed by atoms with Crippen molar-refractivity contribution in [2.45, 2.75) is 41.6 Å². The first-order valence-electron chi connectivity index (χ1n) is 7.83. The van der Waals surface area contributed by atoms with E-state index < -0.39 is 20.3 Å². The standard InChI is InChI=1S/C17H15ClO5S2/c1-2-24-17-10(8-19)15-13(25(17,22)23)7-6-9(16(15)18)14-11(20)4-3-5-12(14)21/h6-7,14,17H,2-5H2,1H3. The highest BCUT2D eigenvalue weighted by molar-refractivity contribution is 8.14. The molecule has 1 aromatic carbocycles. The van der Waals surface area contributed by atoms with Crippen LogP contribution in [0, 0.1) is 0 Å². The Balaban J connectivity index is 2.22. The van der Waals surface area contributed by atoms with Crippen LogP contribution in [0.2, 0.25) is 5.02 Å². The van der Waals surface area contributed by atoms with Crippen LogP contribution in [0.1, 0.15) is 43.2 Å². The molecule has 1 aromatic rings. The van der Waals surface area contributed by atoms with Crippen molar-refractivity contribution < 1.29 is 22.8 Å². The third kappa shape index (κ3) is 2.79. The monoisotopic (exact) mass is 398 g/mol. The van der Waals surface area contributed by atoms with E-state index in [1.807, 2.05) is 0 Å². The molecule has 0 aromatic heterocycles. The molecule has 132 valence electrons. The first-order valence-corrected chi connectivity index (χ1v) is 10.8. The normalized spacial score (nSPS) is 22.8. The number of sulfone groups is 1. The predicted octanol–water partition coefficient (Wildman–Crippen LogP) is 2.83. The smallest absolute Gasteiger partial charge is 0.196 e. The van der Waals surface area contributed by atoms with Crippen LogP contribution in [0.15, 0.2) is 17.0 Å². The lowest BCUT2D eigenvalue weighted by molar-refractivity contribution is -0.131. The van der Waals surface area contributed by atoms with Gasteiger partial charge in [0.05, 0.1) is 15.5 Å². The number of fused-ring (bicyclic) bond motifs is 1. The Morgan fingerprint density at radius 3 is 2.44 bits per heavy atom. The van der Waals surface area contributed by atoms with Crippen molar-refractivity contribution in [3.63, 3.8) is 0 Å². The Kier molecular flexibility index (Phi) is 4.95. The van der Waals surface area contributed by atoms with Crippen molar-refractivity contribution >= 4 is 56.3 Å². The van der Waals surface area contributed by atoms with Crippen LogP contribution in [0.25, 0.3) is 5.57 Å². The molecule has 0 saturated heterocycles. The molecule has 0 N–H and O–H groups in total. The molecule has 0 spiro atoms. The molecule has 1 atom stereocenters. The van der Waals surface area contributed by atoms with Gasteiger partial charge in [-0.25, -0.2) is 13.2 Å². The SMILES string of the molecule is CCSC1C(=C=O)c2c(ccc(C3C(=O)CCCC3=O)c2Cl)S1(=O)=O. The Morgan fingerprint density at radius 1 is 1.24 bits per heavy atom. The highest BCUT2D eigenvalue weighted by Crippen LogP contribution is 2.49. The van der Waals surface area contributed by atoms with E-state index >= 15 is 0 Å². The van der Waals surface area contributed by atoms with Gasteiger partial charge in [-0.2, -0.15) is 0 Å². The third-order valence-corrected chi connectivity index (χ3v) is 8.66. The lowest BCUT2D eigenvalue weighted by atomic mass is 9.81. The Hall–Kier alpha value is -1.40. The Morgan fingerprint density at radius 2 is 1.88 bits per heavy atom. The molecule has 2 aliphatic rings. The van der Waals surface area contributed by atoms with E-state index in [0.717, 1.165) is 11.8 Å². The molecule has 25 heavy (non-hydrogen) atoms. The van der Waals surface area contributed by atoms with Gasteiger partial charge in [0.25, 0.3) is 0 Å². The number of hydrogen-bond donors (Lipinski definition) is 0. The summed E-state index contributed by atoms with van der Waals surface area (Å²) in [4.78, 5) is 35.9. The van der Waals surface area contributed by atoms with Crippen molar-refractivity contribution in [1.29, 1.82) is 0 Å². The number of ketones is 2. The van der Waals surface area contributed by atoms with Crippen LogP contribution in [0.5, 0.6) is 0 Å². The average molecular weight is 399 g/mol. The minimum absolute atomic E-state index is 0.00720. The Labute approximate surface area is 154 Å². The van der Waals surface area contributed by atoms with Crippen molar-refractivity contribution in [3.8, 4) is 0 Å². The van der Waals surface area contributed by atoms with E-state index in [2.05, 4.69) is 0 Å². The van der Waals surface area contributed by atoms with Crippen molar-refractivity contribution in [2.75, 3.05) is 5.75 Å². The fraction of sp³-hybridized carbons (Fsp3) is 0.412. The van der Waals surface area contributed by atoms with Crippen molar-refractivity contribution in [1.82, 2.24) is 0 Å². The topological polar surface area (TPSA) is 85.3 Å². The number of hydrogen-bond acceptors (Lipinski definition) is 6. The van der Waals surface area contributed by atoms with Gasteiger partial charge in [-0.1, -0.05) is 24.6 Å². The first kappa shape index (κ1) is 18.4. The number of rotatable bonds is 3. The van der Waals surface area contributed by atoms with Crippen molar-refractivity contribution in [2.24, 2.45) is 0 Å². The van der Waals surface area contributed by atoms with Crippen LogP contribution >= 0.6 is 23.4 Å².